The van der Waals surface area contributed by atoms with Crippen LogP contribution in [0.15, 0.2) is 72.6 Å². The van der Waals surface area contributed by atoms with E-state index in [4.69, 9.17) is 44.3 Å². The van der Waals surface area contributed by atoms with Crippen LogP contribution in [0.25, 0.3) is 5.70 Å². The van der Waals surface area contributed by atoms with Crippen molar-refractivity contribution in [2.75, 3.05) is 12.4 Å². The fourth-order valence-electron chi connectivity index (χ4n) is 4.52. The molecule has 0 spiro atoms. The lowest BCUT2D eigenvalue weighted by molar-refractivity contribution is 0.223. The van der Waals surface area contributed by atoms with Gasteiger partial charge in [-0.15, -0.1) is 0 Å². The van der Waals surface area contributed by atoms with Crippen LogP contribution < -0.4 is 14.8 Å². The van der Waals surface area contributed by atoms with Gasteiger partial charge in [0, 0.05) is 31.8 Å². The molecule has 0 aliphatic carbocycles. The summed E-state index contributed by atoms with van der Waals surface area (Å²) in [6, 6.07) is 18.5. The molecule has 0 radical (unpaired) electrons. The first kappa shape index (κ1) is 21.4. The van der Waals surface area contributed by atoms with Gasteiger partial charge in [-0.2, -0.15) is 10.1 Å². The summed E-state index contributed by atoms with van der Waals surface area (Å²) >= 11 is 19.3. The minimum absolute atomic E-state index is 0.316. The lowest BCUT2D eigenvalue weighted by Gasteiger charge is -2.39. The fraction of sp³-hybridized carbons (Fsp3) is 0.120. The Morgan fingerprint density at radius 3 is 2.50 bits per heavy atom. The number of hydrogen-bond donors (Lipinski definition) is 1. The van der Waals surface area contributed by atoms with E-state index in [2.05, 4.69) is 15.4 Å². The summed E-state index contributed by atoms with van der Waals surface area (Å²) in [5.41, 5.74) is 4.42. The van der Waals surface area contributed by atoms with Crippen LogP contribution in [0.1, 0.15) is 28.8 Å². The lowest BCUT2D eigenvalue weighted by atomic mass is 9.84. The molecule has 2 aliphatic rings. The Hall–Kier alpha value is -3.19. The quantitative estimate of drug-likeness (QED) is 0.327. The number of aromatic nitrogens is 3. The van der Waals surface area contributed by atoms with E-state index in [1.165, 1.54) is 6.33 Å². The maximum absolute atomic E-state index is 6.68. The zero-order valence-electron chi connectivity index (χ0n) is 17.8. The second-order valence-corrected chi connectivity index (χ2v) is 9.24. The van der Waals surface area contributed by atoms with Gasteiger partial charge < -0.3 is 14.8 Å². The molecule has 3 aromatic carbocycles. The van der Waals surface area contributed by atoms with Crippen molar-refractivity contribution in [3.8, 4) is 11.5 Å². The molecular weight excluding hydrogens is 495 g/mol. The fourth-order valence-corrected chi connectivity index (χ4v) is 5.20. The highest BCUT2D eigenvalue weighted by Crippen LogP contribution is 2.52. The Balaban J connectivity index is 1.63. The maximum atomic E-state index is 6.68. The number of nitrogens with one attached hydrogen (secondary N) is 1. The molecule has 0 saturated heterocycles. The van der Waals surface area contributed by atoms with E-state index in [0.29, 0.717) is 26.8 Å². The van der Waals surface area contributed by atoms with Gasteiger partial charge in [-0.05, 0) is 48.0 Å². The number of hydrogen-bond acceptors (Lipinski definition) is 5. The predicted octanol–water partition coefficient (Wildman–Crippen LogP) is 6.81. The van der Waals surface area contributed by atoms with Crippen molar-refractivity contribution in [2.45, 2.75) is 12.1 Å². The van der Waals surface area contributed by atoms with Crippen molar-refractivity contribution in [3.05, 3.63) is 104 Å². The van der Waals surface area contributed by atoms with Gasteiger partial charge in [-0.25, -0.2) is 4.68 Å². The molecule has 34 heavy (non-hydrogen) atoms. The summed E-state index contributed by atoms with van der Waals surface area (Å²) in [4.78, 5) is 4.44. The number of ether oxygens (including phenoxy) is 2. The van der Waals surface area contributed by atoms with Crippen molar-refractivity contribution in [3.63, 3.8) is 0 Å². The van der Waals surface area contributed by atoms with Gasteiger partial charge in [0.05, 0.1) is 12.8 Å². The highest BCUT2D eigenvalue weighted by Gasteiger charge is 2.41. The molecule has 1 N–H and O–H groups in total. The average molecular weight is 512 g/mol. The van der Waals surface area contributed by atoms with Crippen LogP contribution in [0, 0.1) is 0 Å². The molecule has 3 heterocycles. The van der Waals surface area contributed by atoms with Crippen LogP contribution in [0.3, 0.4) is 0 Å². The van der Waals surface area contributed by atoms with Gasteiger partial charge in [-0.1, -0.05) is 53.0 Å². The molecule has 2 atom stereocenters. The van der Waals surface area contributed by atoms with Crippen LogP contribution in [0.2, 0.25) is 15.1 Å². The third-order valence-electron chi connectivity index (χ3n) is 6.05. The standard InChI is InChI=1S/C25H17Cl3N4O2/c1-33-16-6-2-13(3-7-16)23-21-22(31-25-29-12-30-32(23)25)18-10-14(26)5-9-20(18)34-24(21)17-8-4-15(27)11-19(17)28/h2-12,23-24H,1H3,(H,29,30,31)/t23-,24-/m1/s1. The number of methoxy groups -OCH3 is 1. The van der Waals surface area contributed by atoms with Crippen molar-refractivity contribution in [1.82, 2.24) is 14.8 Å². The Bertz CT molecular complexity index is 1450. The first-order chi connectivity index (χ1) is 16.5. The molecule has 4 aromatic rings. The van der Waals surface area contributed by atoms with Gasteiger partial charge in [-0.3, -0.25) is 0 Å². The van der Waals surface area contributed by atoms with Gasteiger partial charge in [0.1, 0.15) is 23.9 Å². The van der Waals surface area contributed by atoms with Crippen LogP contribution in [-0.4, -0.2) is 21.9 Å². The van der Waals surface area contributed by atoms with Gasteiger partial charge in [0.2, 0.25) is 5.95 Å². The molecule has 1 aromatic heterocycles. The van der Waals surface area contributed by atoms with Gasteiger partial charge in [0.25, 0.3) is 0 Å². The topological polar surface area (TPSA) is 61.2 Å². The van der Waals surface area contributed by atoms with E-state index in [0.717, 1.165) is 33.7 Å². The van der Waals surface area contributed by atoms with Crippen LogP contribution >= 0.6 is 34.8 Å². The number of fused-ring (bicyclic) bond motifs is 3. The van der Waals surface area contributed by atoms with E-state index in [1.807, 2.05) is 53.2 Å². The first-order valence-electron chi connectivity index (χ1n) is 10.5. The third kappa shape index (κ3) is 3.41. The van der Waals surface area contributed by atoms with Crippen molar-refractivity contribution in [2.24, 2.45) is 0 Å². The normalized spacial score (nSPS) is 18.4. The first-order valence-corrected chi connectivity index (χ1v) is 11.6. The van der Waals surface area contributed by atoms with Gasteiger partial charge in [0.15, 0.2) is 6.10 Å². The minimum Gasteiger partial charge on any atom is -0.497 e. The number of nitrogens with zero attached hydrogens (tertiary/aromatic N) is 3. The summed E-state index contributed by atoms with van der Waals surface area (Å²) < 4.78 is 13.8. The van der Waals surface area contributed by atoms with E-state index in [-0.39, 0.29) is 6.04 Å². The molecule has 9 heteroatoms. The SMILES string of the molecule is COc1ccc([C@@H]2C3=C(Nc4ncnn42)c2cc(Cl)ccc2O[C@@H]3c2ccc(Cl)cc2Cl)cc1. The predicted molar refractivity (Wildman–Crippen MR) is 133 cm³/mol. The minimum atomic E-state index is -0.509. The summed E-state index contributed by atoms with van der Waals surface area (Å²) in [7, 11) is 1.64. The number of anilines is 1. The summed E-state index contributed by atoms with van der Waals surface area (Å²) in [5, 5.41) is 9.65. The molecule has 0 saturated carbocycles. The average Bonchev–Trinajstić information content (AvgIpc) is 3.31. The second kappa shape index (κ2) is 8.24. The molecule has 0 fully saturated rings. The van der Waals surface area contributed by atoms with Crippen molar-refractivity contribution in [1.29, 1.82) is 0 Å². The van der Waals surface area contributed by atoms with Crippen LogP contribution in [0.5, 0.6) is 11.5 Å². The molecule has 6 rings (SSSR count). The van der Waals surface area contributed by atoms with Crippen molar-refractivity contribution < 1.29 is 9.47 Å². The molecule has 170 valence electrons. The highest BCUT2D eigenvalue weighted by molar-refractivity contribution is 6.35. The Labute approximate surface area is 210 Å². The van der Waals surface area contributed by atoms with E-state index < -0.39 is 6.10 Å². The molecule has 0 amide bonds. The monoisotopic (exact) mass is 510 g/mol. The molecule has 2 aliphatic heterocycles. The van der Waals surface area contributed by atoms with Crippen molar-refractivity contribution >= 4 is 46.4 Å². The zero-order valence-corrected chi connectivity index (χ0v) is 20.1. The van der Waals surface area contributed by atoms with E-state index >= 15 is 0 Å². The lowest BCUT2D eigenvalue weighted by Crippen LogP contribution is -2.32. The molecule has 0 bridgehead atoms. The summed E-state index contributed by atoms with van der Waals surface area (Å²) in [5.74, 6) is 2.07. The number of benzene rings is 3. The molecular formula is C25H17Cl3N4O2. The smallest absolute Gasteiger partial charge is 0.226 e. The Kier molecular flexibility index (Phi) is 5.17. The van der Waals surface area contributed by atoms with Gasteiger partial charge >= 0.3 is 0 Å². The molecule has 6 nitrogen and oxygen atoms in total. The number of halogens is 3. The second-order valence-electron chi connectivity index (χ2n) is 7.96. The maximum Gasteiger partial charge on any atom is 0.226 e. The van der Waals surface area contributed by atoms with Crippen LogP contribution in [-0.2, 0) is 0 Å². The van der Waals surface area contributed by atoms with E-state index in [9.17, 15) is 0 Å². The number of rotatable bonds is 3. The third-order valence-corrected chi connectivity index (χ3v) is 6.85. The molecule has 0 unspecified atom stereocenters. The van der Waals surface area contributed by atoms with Crippen LogP contribution in [0.4, 0.5) is 5.95 Å². The summed E-state index contributed by atoms with van der Waals surface area (Å²) in [6.07, 6.45) is 1.02. The van der Waals surface area contributed by atoms with E-state index in [1.54, 1.807) is 19.2 Å². The summed E-state index contributed by atoms with van der Waals surface area (Å²) in [6.45, 7) is 0. The largest absolute Gasteiger partial charge is 0.497 e. The highest BCUT2D eigenvalue weighted by atomic mass is 35.5. The Morgan fingerprint density at radius 1 is 0.971 bits per heavy atom. The Morgan fingerprint density at radius 2 is 1.74 bits per heavy atom. The zero-order chi connectivity index (χ0) is 23.4.